The maximum Gasteiger partial charge on any atom is 0.322 e. The molecular weight excluding hydrogens is 324 g/mol. The summed E-state index contributed by atoms with van der Waals surface area (Å²) in [5, 5.41) is 11.7. The number of nitrogens with one attached hydrogen (secondary N) is 1. The number of carbonyl (C=O) groups excluding carboxylic acids is 1. The zero-order valence-electron chi connectivity index (χ0n) is 11.2. The maximum absolute atomic E-state index is 12.3. The molecule has 0 saturated carbocycles. The molecule has 1 atom stereocenters. The third-order valence-corrected chi connectivity index (χ3v) is 4.42. The van der Waals surface area contributed by atoms with Crippen LogP contribution in [0.2, 0.25) is 0 Å². The number of likely N-dealkylation sites (tertiary alicyclic amines) is 1. The van der Waals surface area contributed by atoms with Crippen molar-refractivity contribution in [3.63, 3.8) is 0 Å². The normalized spacial score (nSPS) is 18.1. The van der Waals surface area contributed by atoms with Gasteiger partial charge in [-0.2, -0.15) is 0 Å². The molecule has 2 amide bonds. The van der Waals surface area contributed by atoms with Crippen LogP contribution in [-0.4, -0.2) is 34.6 Å². The van der Waals surface area contributed by atoms with Gasteiger partial charge in [0.1, 0.15) is 0 Å². The highest BCUT2D eigenvalue weighted by Gasteiger charge is 2.30. The highest BCUT2D eigenvalue weighted by atomic mass is 79.9. The summed E-state index contributed by atoms with van der Waals surface area (Å²) in [6.07, 6.45) is 1.60. The third kappa shape index (κ3) is 3.30. The number of carbonyl (C=O) groups is 2. The Balaban J connectivity index is 2.07. The van der Waals surface area contributed by atoms with Crippen molar-refractivity contribution in [3.8, 4) is 0 Å². The molecule has 0 aliphatic carbocycles. The van der Waals surface area contributed by atoms with Crippen LogP contribution in [0.1, 0.15) is 24.8 Å². The van der Waals surface area contributed by atoms with Crippen molar-refractivity contribution in [3.05, 3.63) is 28.2 Å². The Labute approximate surface area is 126 Å². The molecule has 0 aromatic heterocycles. The number of aliphatic carboxylic acids is 1. The summed E-state index contributed by atoms with van der Waals surface area (Å²) in [4.78, 5) is 24.7. The summed E-state index contributed by atoms with van der Waals surface area (Å²) in [7, 11) is 0. The minimum atomic E-state index is -0.867. The highest BCUT2D eigenvalue weighted by Crippen LogP contribution is 2.25. The van der Waals surface area contributed by atoms with Crippen molar-refractivity contribution >= 4 is 33.6 Å². The van der Waals surface area contributed by atoms with E-state index in [1.807, 2.05) is 25.1 Å². The predicted molar refractivity (Wildman–Crippen MR) is 79.9 cm³/mol. The molecule has 1 fully saturated rings. The van der Waals surface area contributed by atoms with E-state index in [9.17, 15) is 9.59 Å². The zero-order valence-corrected chi connectivity index (χ0v) is 12.8. The van der Waals surface area contributed by atoms with Gasteiger partial charge in [0.2, 0.25) is 0 Å². The number of anilines is 1. The lowest BCUT2D eigenvalue weighted by Gasteiger charge is -2.24. The maximum atomic E-state index is 12.3. The molecule has 0 radical (unpaired) electrons. The van der Waals surface area contributed by atoms with Gasteiger partial charge in [0.05, 0.1) is 6.42 Å². The number of hydrogen-bond acceptors (Lipinski definition) is 2. The van der Waals surface area contributed by atoms with E-state index in [1.54, 1.807) is 4.90 Å². The van der Waals surface area contributed by atoms with Crippen LogP contribution < -0.4 is 5.32 Å². The van der Waals surface area contributed by atoms with E-state index in [0.29, 0.717) is 6.54 Å². The second kappa shape index (κ2) is 6.26. The molecule has 1 unspecified atom stereocenters. The number of urea groups is 1. The summed E-state index contributed by atoms with van der Waals surface area (Å²) in [5.41, 5.74) is 1.69. The molecule has 108 valence electrons. The molecule has 20 heavy (non-hydrogen) atoms. The molecule has 1 aliphatic rings. The average molecular weight is 341 g/mol. The van der Waals surface area contributed by atoms with Gasteiger partial charge in [0.25, 0.3) is 0 Å². The second-order valence-corrected chi connectivity index (χ2v) is 5.78. The van der Waals surface area contributed by atoms with Crippen molar-refractivity contribution < 1.29 is 14.7 Å². The van der Waals surface area contributed by atoms with Gasteiger partial charge in [-0.3, -0.25) is 4.79 Å². The smallest absolute Gasteiger partial charge is 0.322 e. The van der Waals surface area contributed by atoms with Gasteiger partial charge in [-0.25, -0.2) is 4.79 Å². The first-order valence-electron chi connectivity index (χ1n) is 6.53. The first-order chi connectivity index (χ1) is 9.49. The Morgan fingerprint density at radius 3 is 2.95 bits per heavy atom. The summed E-state index contributed by atoms with van der Waals surface area (Å²) in [6, 6.07) is 5.16. The van der Waals surface area contributed by atoms with Crippen LogP contribution >= 0.6 is 15.9 Å². The van der Waals surface area contributed by atoms with Gasteiger partial charge in [0.15, 0.2) is 0 Å². The topological polar surface area (TPSA) is 69.6 Å². The first-order valence-corrected chi connectivity index (χ1v) is 7.33. The molecular formula is C14H17BrN2O3. The van der Waals surface area contributed by atoms with Crippen LogP contribution in [0.15, 0.2) is 22.7 Å². The van der Waals surface area contributed by atoms with Crippen LogP contribution in [0, 0.1) is 6.92 Å². The van der Waals surface area contributed by atoms with E-state index in [-0.39, 0.29) is 18.5 Å². The molecule has 5 nitrogen and oxygen atoms in total. The Morgan fingerprint density at radius 2 is 2.25 bits per heavy atom. The van der Waals surface area contributed by atoms with Gasteiger partial charge >= 0.3 is 12.0 Å². The predicted octanol–water partition coefficient (Wildman–Crippen LogP) is 3.23. The fourth-order valence-corrected chi connectivity index (χ4v) is 2.81. The van der Waals surface area contributed by atoms with Gasteiger partial charge in [-0.05, 0) is 37.5 Å². The minimum absolute atomic E-state index is 0.00485. The van der Waals surface area contributed by atoms with Gasteiger partial charge < -0.3 is 15.3 Å². The Morgan fingerprint density at radius 1 is 1.50 bits per heavy atom. The quantitative estimate of drug-likeness (QED) is 0.887. The number of hydrogen-bond donors (Lipinski definition) is 2. The van der Waals surface area contributed by atoms with E-state index < -0.39 is 5.97 Å². The Bertz CT molecular complexity index is 533. The van der Waals surface area contributed by atoms with E-state index >= 15 is 0 Å². The van der Waals surface area contributed by atoms with Crippen LogP contribution in [0.5, 0.6) is 0 Å². The van der Waals surface area contributed by atoms with E-state index in [4.69, 9.17) is 5.11 Å². The van der Waals surface area contributed by atoms with E-state index in [2.05, 4.69) is 21.2 Å². The van der Waals surface area contributed by atoms with Crippen molar-refractivity contribution in [2.75, 3.05) is 11.9 Å². The van der Waals surface area contributed by atoms with Crippen molar-refractivity contribution in [1.82, 2.24) is 4.90 Å². The number of rotatable bonds is 3. The van der Waals surface area contributed by atoms with Crippen molar-refractivity contribution in [2.24, 2.45) is 0 Å². The molecule has 1 aromatic carbocycles. The van der Waals surface area contributed by atoms with Gasteiger partial charge in [-0.15, -0.1) is 0 Å². The lowest BCUT2D eigenvalue weighted by Crippen LogP contribution is -2.39. The molecule has 1 aliphatic heterocycles. The second-order valence-electron chi connectivity index (χ2n) is 4.93. The monoisotopic (exact) mass is 340 g/mol. The van der Waals surface area contributed by atoms with Crippen LogP contribution in [0.25, 0.3) is 0 Å². The highest BCUT2D eigenvalue weighted by molar-refractivity contribution is 9.10. The number of nitrogens with zero attached hydrogens (tertiary/aromatic N) is 1. The Kier molecular flexibility index (Phi) is 4.65. The van der Waals surface area contributed by atoms with Crippen molar-refractivity contribution in [2.45, 2.75) is 32.2 Å². The summed E-state index contributed by atoms with van der Waals surface area (Å²) >= 11 is 3.42. The van der Waals surface area contributed by atoms with Gasteiger partial charge in [0, 0.05) is 22.7 Å². The molecule has 2 N–H and O–H groups in total. The minimum Gasteiger partial charge on any atom is -0.481 e. The molecule has 1 aromatic rings. The zero-order chi connectivity index (χ0) is 14.7. The molecule has 1 saturated heterocycles. The van der Waals surface area contributed by atoms with E-state index in [0.717, 1.165) is 28.6 Å². The summed E-state index contributed by atoms with van der Waals surface area (Å²) in [6.45, 7) is 2.52. The fraction of sp³-hybridized carbons (Fsp3) is 0.429. The van der Waals surface area contributed by atoms with Crippen LogP contribution in [0.3, 0.4) is 0 Å². The van der Waals surface area contributed by atoms with Gasteiger partial charge in [-0.1, -0.05) is 22.0 Å². The van der Waals surface area contributed by atoms with Crippen LogP contribution in [-0.2, 0) is 4.79 Å². The lowest BCUT2D eigenvalue weighted by molar-refractivity contribution is -0.137. The molecule has 1 heterocycles. The molecule has 6 heteroatoms. The summed E-state index contributed by atoms with van der Waals surface area (Å²) in [5.74, 6) is -0.867. The Hall–Kier alpha value is -1.56. The fourth-order valence-electron chi connectivity index (χ4n) is 2.45. The lowest BCUT2D eigenvalue weighted by atomic mass is 10.1. The largest absolute Gasteiger partial charge is 0.481 e. The van der Waals surface area contributed by atoms with E-state index in [1.165, 1.54) is 0 Å². The SMILES string of the molecule is Cc1c(Br)cccc1NC(=O)N1CCCC1CC(=O)O. The summed E-state index contributed by atoms with van der Waals surface area (Å²) < 4.78 is 0.929. The molecule has 2 rings (SSSR count). The van der Waals surface area contributed by atoms with Crippen LogP contribution in [0.4, 0.5) is 10.5 Å². The number of benzene rings is 1. The molecule has 0 spiro atoms. The first kappa shape index (κ1) is 14.8. The number of carboxylic acid groups (broad SMARTS) is 1. The third-order valence-electron chi connectivity index (χ3n) is 3.56. The number of halogens is 1. The average Bonchev–Trinajstić information content (AvgIpc) is 2.82. The number of carboxylic acids is 1. The standard InChI is InChI=1S/C14H17BrN2O3/c1-9-11(15)5-2-6-12(9)16-14(20)17-7-3-4-10(17)8-13(18)19/h2,5-6,10H,3-4,7-8H2,1H3,(H,16,20)(H,18,19). The van der Waals surface area contributed by atoms with Crippen molar-refractivity contribution in [1.29, 1.82) is 0 Å². The molecule has 0 bridgehead atoms. The number of amides is 2.